The summed E-state index contributed by atoms with van der Waals surface area (Å²) in [5, 5.41) is 0.519. The Morgan fingerprint density at radius 3 is 2.57 bits per heavy atom. The van der Waals surface area contributed by atoms with Gasteiger partial charge in [-0.3, -0.25) is 4.79 Å². The summed E-state index contributed by atoms with van der Waals surface area (Å²) in [5.74, 6) is -0.456. The molecule has 2 N–H and O–H groups in total. The van der Waals surface area contributed by atoms with Crippen LogP contribution in [0.25, 0.3) is 0 Å². The van der Waals surface area contributed by atoms with Gasteiger partial charge in [0.2, 0.25) is 0 Å². The second-order valence-electron chi connectivity index (χ2n) is 5.04. The SMILES string of the molecule is CN(CCCc1ccccc1)c1ccc(Cl)cc1C(N)=O. The van der Waals surface area contributed by atoms with E-state index in [2.05, 4.69) is 12.1 Å². The number of hydrogen-bond donors (Lipinski definition) is 1. The highest BCUT2D eigenvalue weighted by Gasteiger charge is 2.12. The van der Waals surface area contributed by atoms with Crippen LogP contribution in [-0.4, -0.2) is 19.5 Å². The summed E-state index contributed by atoms with van der Waals surface area (Å²) < 4.78 is 0. The molecule has 0 spiro atoms. The molecule has 0 aliphatic heterocycles. The van der Waals surface area contributed by atoms with E-state index in [0.29, 0.717) is 10.6 Å². The van der Waals surface area contributed by atoms with Crippen LogP contribution in [0.2, 0.25) is 5.02 Å². The van der Waals surface area contributed by atoms with E-state index in [4.69, 9.17) is 17.3 Å². The monoisotopic (exact) mass is 302 g/mol. The Morgan fingerprint density at radius 1 is 1.19 bits per heavy atom. The maximum atomic E-state index is 11.5. The van der Waals surface area contributed by atoms with E-state index >= 15 is 0 Å². The Bertz CT molecular complexity index is 613. The first kappa shape index (κ1) is 15.4. The van der Waals surface area contributed by atoms with E-state index in [0.717, 1.165) is 25.1 Å². The molecule has 0 atom stereocenters. The van der Waals surface area contributed by atoms with Gasteiger partial charge >= 0.3 is 0 Å². The fourth-order valence-corrected chi connectivity index (χ4v) is 2.50. The molecular weight excluding hydrogens is 284 g/mol. The topological polar surface area (TPSA) is 46.3 Å². The van der Waals surface area contributed by atoms with Crippen LogP contribution in [0.5, 0.6) is 0 Å². The highest BCUT2D eigenvalue weighted by Crippen LogP contribution is 2.23. The minimum atomic E-state index is -0.456. The number of benzene rings is 2. The van der Waals surface area contributed by atoms with Crippen molar-refractivity contribution in [1.82, 2.24) is 0 Å². The zero-order valence-corrected chi connectivity index (χ0v) is 12.8. The first-order valence-corrected chi connectivity index (χ1v) is 7.30. The molecule has 0 fully saturated rings. The van der Waals surface area contributed by atoms with E-state index in [1.54, 1.807) is 12.1 Å². The number of amides is 1. The van der Waals surface area contributed by atoms with Gasteiger partial charge in [0.25, 0.3) is 5.91 Å². The van der Waals surface area contributed by atoms with Crippen molar-refractivity contribution in [2.45, 2.75) is 12.8 Å². The number of aryl methyl sites for hydroxylation is 1. The molecule has 0 bridgehead atoms. The van der Waals surface area contributed by atoms with Crippen LogP contribution in [0, 0.1) is 0 Å². The molecule has 0 aliphatic carbocycles. The predicted octanol–water partition coefficient (Wildman–Crippen LogP) is 3.51. The van der Waals surface area contributed by atoms with Gasteiger partial charge in [0.05, 0.1) is 5.56 Å². The van der Waals surface area contributed by atoms with Crippen molar-refractivity contribution in [3.63, 3.8) is 0 Å². The summed E-state index contributed by atoms with van der Waals surface area (Å²) in [7, 11) is 1.96. The molecule has 0 saturated heterocycles. The third-order valence-electron chi connectivity index (χ3n) is 3.44. The molecule has 1 amide bonds. The van der Waals surface area contributed by atoms with Crippen molar-refractivity contribution >= 4 is 23.2 Å². The number of halogens is 1. The molecule has 2 aromatic carbocycles. The number of carbonyl (C=O) groups is 1. The highest BCUT2D eigenvalue weighted by atomic mass is 35.5. The van der Waals surface area contributed by atoms with Gasteiger partial charge in [-0.25, -0.2) is 0 Å². The third kappa shape index (κ3) is 4.23. The van der Waals surface area contributed by atoms with Crippen LogP contribution in [-0.2, 0) is 6.42 Å². The minimum absolute atomic E-state index is 0.456. The van der Waals surface area contributed by atoms with Crippen molar-refractivity contribution in [2.24, 2.45) is 5.73 Å². The van der Waals surface area contributed by atoms with Crippen molar-refractivity contribution in [3.8, 4) is 0 Å². The third-order valence-corrected chi connectivity index (χ3v) is 3.67. The number of hydrogen-bond acceptors (Lipinski definition) is 2. The van der Waals surface area contributed by atoms with Crippen LogP contribution < -0.4 is 10.6 Å². The van der Waals surface area contributed by atoms with Crippen LogP contribution in [0.3, 0.4) is 0 Å². The number of carbonyl (C=O) groups excluding carboxylic acids is 1. The van der Waals surface area contributed by atoms with Gasteiger partial charge in [-0.05, 0) is 36.6 Å². The van der Waals surface area contributed by atoms with Crippen molar-refractivity contribution in [2.75, 3.05) is 18.5 Å². The Hall–Kier alpha value is -2.00. The Morgan fingerprint density at radius 2 is 1.90 bits per heavy atom. The second-order valence-corrected chi connectivity index (χ2v) is 5.47. The number of rotatable bonds is 6. The fourth-order valence-electron chi connectivity index (χ4n) is 2.32. The lowest BCUT2D eigenvalue weighted by atomic mass is 10.1. The summed E-state index contributed by atoms with van der Waals surface area (Å²) in [6, 6.07) is 15.6. The normalized spacial score (nSPS) is 10.4. The smallest absolute Gasteiger partial charge is 0.250 e. The summed E-state index contributed by atoms with van der Waals surface area (Å²) in [6.07, 6.45) is 2.01. The molecule has 0 radical (unpaired) electrons. The van der Waals surface area contributed by atoms with Crippen molar-refractivity contribution in [3.05, 3.63) is 64.7 Å². The molecule has 4 heteroatoms. The van der Waals surface area contributed by atoms with Gasteiger partial charge in [-0.15, -0.1) is 0 Å². The quantitative estimate of drug-likeness (QED) is 0.887. The molecule has 0 aromatic heterocycles. The Balaban J connectivity index is 2.00. The van der Waals surface area contributed by atoms with Crippen LogP contribution in [0.4, 0.5) is 5.69 Å². The Kier molecular flexibility index (Phi) is 5.23. The van der Waals surface area contributed by atoms with Gasteiger partial charge in [0.15, 0.2) is 0 Å². The average Bonchev–Trinajstić information content (AvgIpc) is 2.48. The first-order valence-electron chi connectivity index (χ1n) is 6.92. The van der Waals surface area contributed by atoms with E-state index in [1.807, 2.05) is 36.2 Å². The summed E-state index contributed by atoms with van der Waals surface area (Å²) >= 11 is 5.92. The number of nitrogens with zero attached hydrogens (tertiary/aromatic N) is 1. The largest absolute Gasteiger partial charge is 0.374 e. The maximum absolute atomic E-state index is 11.5. The summed E-state index contributed by atoms with van der Waals surface area (Å²) in [6.45, 7) is 0.844. The zero-order chi connectivity index (χ0) is 15.2. The molecule has 0 heterocycles. The van der Waals surface area contributed by atoms with Gasteiger partial charge < -0.3 is 10.6 Å². The van der Waals surface area contributed by atoms with Gasteiger partial charge in [-0.2, -0.15) is 0 Å². The standard InChI is InChI=1S/C17H19ClN2O/c1-20(11-5-8-13-6-3-2-4-7-13)16-10-9-14(18)12-15(16)17(19)21/h2-4,6-7,9-10,12H,5,8,11H2,1H3,(H2,19,21). The van der Waals surface area contributed by atoms with E-state index in [9.17, 15) is 4.79 Å². The van der Waals surface area contributed by atoms with E-state index in [1.165, 1.54) is 5.56 Å². The minimum Gasteiger partial charge on any atom is -0.374 e. The fraction of sp³-hybridized carbons (Fsp3) is 0.235. The predicted molar refractivity (Wildman–Crippen MR) is 88.0 cm³/mol. The molecular formula is C17H19ClN2O. The lowest BCUT2D eigenvalue weighted by Crippen LogP contribution is -2.23. The maximum Gasteiger partial charge on any atom is 0.250 e. The lowest BCUT2D eigenvalue weighted by Gasteiger charge is -2.21. The van der Waals surface area contributed by atoms with Crippen LogP contribution in [0.15, 0.2) is 48.5 Å². The second kappa shape index (κ2) is 7.14. The Labute approximate surface area is 130 Å². The van der Waals surface area contributed by atoms with Crippen LogP contribution >= 0.6 is 11.6 Å². The van der Waals surface area contributed by atoms with E-state index in [-0.39, 0.29) is 0 Å². The van der Waals surface area contributed by atoms with Gasteiger partial charge in [0, 0.05) is 24.3 Å². The number of primary amides is 1. The number of nitrogens with two attached hydrogens (primary N) is 1. The molecule has 2 aromatic rings. The van der Waals surface area contributed by atoms with Gasteiger partial charge in [-0.1, -0.05) is 41.9 Å². The van der Waals surface area contributed by atoms with Crippen molar-refractivity contribution < 1.29 is 4.79 Å². The first-order chi connectivity index (χ1) is 10.1. The molecule has 0 saturated carbocycles. The molecule has 3 nitrogen and oxygen atoms in total. The molecule has 110 valence electrons. The summed E-state index contributed by atoms with van der Waals surface area (Å²) in [5.41, 5.74) is 8.02. The van der Waals surface area contributed by atoms with E-state index < -0.39 is 5.91 Å². The van der Waals surface area contributed by atoms with Gasteiger partial charge in [0.1, 0.15) is 0 Å². The zero-order valence-electron chi connectivity index (χ0n) is 12.1. The molecule has 21 heavy (non-hydrogen) atoms. The van der Waals surface area contributed by atoms with Crippen molar-refractivity contribution in [1.29, 1.82) is 0 Å². The number of anilines is 1. The molecule has 0 unspecified atom stereocenters. The van der Waals surface area contributed by atoms with Crippen LogP contribution in [0.1, 0.15) is 22.3 Å². The molecule has 2 rings (SSSR count). The average molecular weight is 303 g/mol. The lowest BCUT2D eigenvalue weighted by molar-refractivity contribution is 0.100. The summed E-state index contributed by atoms with van der Waals surface area (Å²) in [4.78, 5) is 13.6. The highest BCUT2D eigenvalue weighted by molar-refractivity contribution is 6.31. The molecule has 0 aliphatic rings.